The lowest BCUT2D eigenvalue weighted by Gasteiger charge is -2.32. The minimum absolute atomic E-state index is 0.0463. The number of carbonyl (C=O) groups is 2. The first-order chi connectivity index (χ1) is 27.6. The normalized spacial score (nSPS) is 17.1. The van der Waals surface area contributed by atoms with E-state index in [1.54, 1.807) is 10.8 Å². The van der Waals surface area contributed by atoms with E-state index in [4.69, 9.17) is 9.15 Å². The summed E-state index contributed by atoms with van der Waals surface area (Å²) in [5.41, 5.74) is 1.83. The number of fused-ring (bicyclic) bond motifs is 5. The number of amides is 2. The number of halogens is 1. The number of rotatable bonds is 15. The second-order valence-electron chi connectivity index (χ2n) is 16.0. The van der Waals surface area contributed by atoms with Gasteiger partial charge in [0.05, 0.1) is 11.1 Å². The van der Waals surface area contributed by atoms with Crippen LogP contribution in [0.2, 0.25) is 0 Å². The van der Waals surface area contributed by atoms with E-state index in [-0.39, 0.29) is 34.3 Å². The number of anilines is 1. The predicted octanol–water partition coefficient (Wildman–Crippen LogP) is 4.52. The third-order valence-corrected chi connectivity index (χ3v) is 11.5. The van der Waals surface area contributed by atoms with Crippen molar-refractivity contribution in [3.8, 4) is 17.2 Å². The van der Waals surface area contributed by atoms with Crippen molar-refractivity contribution in [1.29, 1.82) is 0 Å². The van der Waals surface area contributed by atoms with E-state index in [2.05, 4.69) is 51.8 Å². The third-order valence-electron chi connectivity index (χ3n) is 11.5. The Bertz CT molecular complexity index is 2350. The molecule has 0 aliphatic carbocycles. The Kier molecular flexibility index (Phi) is 11.5. The van der Waals surface area contributed by atoms with Gasteiger partial charge in [0.25, 0.3) is 5.91 Å². The molecule has 302 valence electrons. The van der Waals surface area contributed by atoms with E-state index in [0.717, 1.165) is 75.8 Å². The number of carbonyl (C=O) groups excluding carboxylic acids is 2. The molecular formula is C43H53FN8O5. The smallest absolute Gasteiger partial charge is 0.256 e. The van der Waals surface area contributed by atoms with Gasteiger partial charge < -0.3 is 49.3 Å². The van der Waals surface area contributed by atoms with Gasteiger partial charge in [-0.05, 0) is 84.7 Å². The van der Waals surface area contributed by atoms with Gasteiger partial charge in [-0.3, -0.25) is 14.4 Å². The van der Waals surface area contributed by atoms with E-state index < -0.39 is 17.2 Å². The van der Waals surface area contributed by atoms with Crippen LogP contribution in [0, 0.1) is 5.82 Å². The van der Waals surface area contributed by atoms with Crippen LogP contribution >= 0.6 is 0 Å². The average molecular weight is 781 g/mol. The zero-order valence-corrected chi connectivity index (χ0v) is 33.2. The van der Waals surface area contributed by atoms with Crippen LogP contribution in [0.5, 0.6) is 11.5 Å². The van der Waals surface area contributed by atoms with Gasteiger partial charge in [0, 0.05) is 87.9 Å². The summed E-state index contributed by atoms with van der Waals surface area (Å²) in [6, 6.07) is 12.5. The zero-order valence-electron chi connectivity index (χ0n) is 33.2. The Morgan fingerprint density at radius 3 is 2.58 bits per heavy atom. The lowest BCUT2D eigenvalue weighted by atomic mass is 10.0. The van der Waals surface area contributed by atoms with E-state index in [1.807, 2.05) is 41.3 Å². The molecule has 5 heterocycles. The number of benzene rings is 3. The number of hydrogen-bond acceptors (Lipinski definition) is 10. The molecule has 1 atom stereocenters. The largest absolute Gasteiger partial charge is 0.456 e. The number of ether oxygens (including phenoxy) is 1. The molecule has 0 unspecified atom stereocenters. The van der Waals surface area contributed by atoms with Gasteiger partial charge in [0.1, 0.15) is 27.9 Å². The standard InChI is InChI=1S/C43H53FN8O5/c1-48(2)16-7-6-13-45-15-11-38(53)47-28-12-18-51(26-28)40-33(44)23-31-39-42(40)57-37-24-30-29-9-4-5-10-35(29)56-36(30)25-34(37)52(39)27-32(41(31)54)43(55)46-14-8-17-50-21-19-49(3)20-22-50/h4-5,9-10,23-25,27-28,45H,6-8,11-22,26H2,1-3H3,(H,46,55)(H,47,53)/t28-/m1/s1. The Morgan fingerprint density at radius 1 is 0.930 bits per heavy atom. The van der Waals surface area contributed by atoms with Crippen molar-refractivity contribution in [2.24, 2.45) is 0 Å². The number of hydrogen-bond donors (Lipinski definition) is 3. The number of nitrogens with zero attached hydrogens (tertiary/aromatic N) is 5. The number of furan rings is 1. The quantitative estimate of drug-likeness (QED) is 0.128. The summed E-state index contributed by atoms with van der Waals surface area (Å²) < 4.78 is 31.2. The van der Waals surface area contributed by atoms with Crippen LogP contribution in [0.3, 0.4) is 0 Å². The van der Waals surface area contributed by atoms with Gasteiger partial charge in [0.15, 0.2) is 17.3 Å². The van der Waals surface area contributed by atoms with E-state index in [0.29, 0.717) is 67.1 Å². The van der Waals surface area contributed by atoms with Crippen molar-refractivity contribution in [2.45, 2.75) is 38.1 Å². The summed E-state index contributed by atoms with van der Waals surface area (Å²) in [5, 5.41) is 11.2. The number of para-hydroxylation sites is 1. The Labute approximate surface area is 331 Å². The molecule has 2 aromatic heterocycles. The van der Waals surface area contributed by atoms with Crippen molar-refractivity contribution in [3.63, 3.8) is 0 Å². The first kappa shape index (κ1) is 38.8. The third kappa shape index (κ3) is 8.22. The van der Waals surface area contributed by atoms with Crippen LogP contribution in [0.1, 0.15) is 42.5 Å². The lowest BCUT2D eigenvalue weighted by Crippen LogP contribution is -2.45. The van der Waals surface area contributed by atoms with Crippen LogP contribution in [0.4, 0.5) is 10.1 Å². The van der Waals surface area contributed by atoms with Crippen LogP contribution in [-0.4, -0.2) is 130 Å². The minimum Gasteiger partial charge on any atom is -0.456 e. The molecule has 3 N–H and O–H groups in total. The van der Waals surface area contributed by atoms with Gasteiger partial charge in [-0.1, -0.05) is 18.2 Å². The molecule has 13 nitrogen and oxygen atoms in total. The maximum Gasteiger partial charge on any atom is 0.256 e. The van der Waals surface area contributed by atoms with Crippen LogP contribution in [-0.2, 0) is 4.79 Å². The fraction of sp³-hybridized carbons (Fsp3) is 0.465. The summed E-state index contributed by atoms with van der Waals surface area (Å²) in [7, 11) is 6.24. The van der Waals surface area contributed by atoms with Crippen molar-refractivity contribution in [3.05, 3.63) is 70.3 Å². The summed E-state index contributed by atoms with van der Waals surface area (Å²) >= 11 is 0. The molecule has 3 aliphatic heterocycles. The monoisotopic (exact) mass is 780 g/mol. The second kappa shape index (κ2) is 16.8. The van der Waals surface area contributed by atoms with Crippen LogP contribution in [0.25, 0.3) is 38.5 Å². The molecular weight excluding hydrogens is 728 g/mol. The first-order valence-corrected chi connectivity index (χ1v) is 20.3. The molecule has 8 rings (SSSR count). The molecule has 2 amide bonds. The highest BCUT2D eigenvalue weighted by Gasteiger charge is 2.34. The van der Waals surface area contributed by atoms with Crippen LogP contribution in [0.15, 0.2) is 57.9 Å². The topological polar surface area (TPSA) is 128 Å². The van der Waals surface area contributed by atoms with Crippen molar-refractivity contribution >= 4 is 50.3 Å². The Balaban J connectivity index is 1.06. The number of nitrogens with one attached hydrogen (secondary N) is 3. The van der Waals surface area contributed by atoms with Crippen molar-refractivity contribution in [2.75, 3.05) is 98.0 Å². The summed E-state index contributed by atoms with van der Waals surface area (Å²) in [6.07, 6.45) is 5.42. The number of aromatic nitrogens is 1. The van der Waals surface area contributed by atoms with Crippen LogP contribution < -0.4 is 31.0 Å². The van der Waals surface area contributed by atoms with E-state index in [9.17, 15) is 14.4 Å². The fourth-order valence-corrected chi connectivity index (χ4v) is 8.34. The molecule has 57 heavy (non-hydrogen) atoms. The number of piperazine rings is 1. The average Bonchev–Trinajstić information content (AvgIpc) is 3.80. The zero-order chi connectivity index (χ0) is 39.6. The molecule has 2 fully saturated rings. The SMILES string of the molecule is CN(C)CCCCNCCC(=O)N[C@@H]1CCN(c2c(F)cc3c(=O)c(C(=O)NCCCN4CCN(C)CC4)cn4c3c2Oc2cc3c(cc2-4)oc2ccccc23)C1. The summed E-state index contributed by atoms with van der Waals surface area (Å²) in [6.45, 7) is 8.59. The molecule has 0 spiro atoms. The lowest BCUT2D eigenvalue weighted by molar-refractivity contribution is -0.121. The number of unbranched alkanes of at least 4 members (excludes halogenated alkanes) is 1. The van der Waals surface area contributed by atoms with Gasteiger partial charge in [-0.2, -0.15) is 0 Å². The minimum atomic E-state index is -0.630. The first-order valence-electron chi connectivity index (χ1n) is 20.3. The Morgan fingerprint density at radius 2 is 1.75 bits per heavy atom. The molecule has 3 aliphatic rings. The van der Waals surface area contributed by atoms with Gasteiger partial charge in [-0.25, -0.2) is 4.39 Å². The van der Waals surface area contributed by atoms with E-state index >= 15 is 4.39 Å². The molecule has 0 saturated carbocycles. The van der Waals surface area contributed by atoms with Gasteiger partial charge in [0.2, 0.25) is 11.3 Å². The Hall–Kier alpha value is -5.02. The van der Waals surface area contributed by atoms with Crippen molar-refractivity contribution < 1.29 is 23.1 Å². The molecule has 2 saturated heterocycles. The highest BCUT2D eigenvalue weighted by molar-refractivity contribution is 6.07. The molecule has 0 bridgehead atoms. The maximum atomic E-state index is 16.6. The fourth-order valence-electron chi connectivity index (χ4n) is 8.34. The summed E-state index contributed by atoms with van der Waals surface area (Å²) in [4.78, 5) is 49.4. The van der Waals surface area contributed by atoms with Gasteiger partial charge in [-0.15, -0.1) is 0 Å². The number of pyridine rings is 1. The molecule has 14 heteroatoms. The number of likely N-dealkylation sites (N-methyl/N-ethyl adjacent to an activating group) is 1. The molecule has 0 radical (unpaired) electrons. The van der Waals surface area contributed by atoms with Crippen molar-refractivity contribution in [1.82, 2.24) is 35.2 Å². The molecule has 5 aromatic rings. The predicted molar refractivity (Wildman–Crippen MR) is 222 cm³/mol. The van der Waals surface area contributed by atoms with Gasteiger partial charge >= 0.3 is 0 Å². The summed E-state index contributed by atoms with van der Waals surface area (Å²) in [5.74, 6) is -0.551. The maximum absolute atomic E-state index is 16.6. The highest BCUT2D eigenvalue weighted by atomic mass is 19.1. The van der Waals surface area contributed by atoms with E-state index in [1.165, 1.54) is 6.07 Å². The molecule has 3 aromatic carbocycles. The second-order valence-corrected chi connectivity index (χ2v) is 16.0. The highest BCUT2D eigenvalue weighted by Crippen LogP contribution is 2.49.